The fourth-order valence-corrected chi connectivity index (χ4v) is 3.05. The highest BCUT2D eigenvalue weighted by molar-refractivity contribution is 5.90. The molecule has 0 radical (unpaired) electrons. The molecule has 3 N–H and O–H groups in total. The van der Waals surface area contributed by atoms with E-state index in [1.165, 1.54) is 12.1 Å². The maximum absolute atomic E-state index is 12.4. The van der Waals surface area contributed by atoms with Gasteiger partial charge in [-0.05, 0) is 47.4 Å². The number of phenols is 2. The molecule has 0 aliphatic rings. The number of aromatic hydroxyl groups is 2. The molecule has 4 nitrogen and oxygen atoms in total. The van der Waals surface area contributed by atoms with Gasteiger partial charge in [0.25, 0.3) is 0 Å². The van der Waals surface area contributed by atoms with Gasteiger partial charge in [-0.15, -0.1) is 0 Å². The van der Waals surface area contributed by atoms with E-state index in [9.17, 15) is 15.0 Å². The van der Waals surface area contributed by atoms with E-state index in [1.54, 1.807) is 6.07 Å². The van der Waals surface area contributed by atoms with Gasteiger partial charge in [-0.2, -0.15) is 0 Å². The van der Waals surface area contributed by atoms with E-state index in [0.717, 1.165) is 21.9 Å². The molecule has 1 atom stereocenters. The second-order valence-corrected chi connectivity index (χ2v) is 6.31. The Morgan fingerprint density at radius 3 is 2.56 bits per heavy atom. The van der Waals surface area contributed by atoms with Crippen molar-refractivity contribution in [1.82, 2.24) is 5.32 Å². The lowest BCUT2D eigenvalue weighted by molar-refractivity contribution is -0.121. The van der Waals surface area contributed by atoms with E-state index < -0.39 is 0 Å². The van der Waals surface area contributed by atoms with Gasteiger partial charge in [0.2, 0.25) is 5.91 Å². The molecule has 0 spiro atoms. The minimum absolute atomic E-state index is 0.0353. The summed E-state index contributed by atoms with van der Waals surface area (Å²) in [6.07, 6.45) is 0.904. The van der Waals surface area contributed by atoms with Gasteiger partial charge >= 0.3 is 0 Å². The number of hydrogen-bond acceptors (Lipinski definition) is 3. The normalized spacial score (nSPS) is 12.0. The molecule has 3 aromatic rings. The summed E-state index contributed by atoms with van der Waals surface area (Å²) >= 11 is 0. The molecule has 0 aliphatic heterocycles. The molecule has 3 aromatic carbocycles. The molecule has 0 bridgehead atoms. The van der Waals surface area contributed by atoms with Crippen LogP contribution in [0.15, 0.2) is 60.7 Å². The average Bonchev–Trinajstić information content (AvgIpc) is 2.58. The van der Waals surface area contributed by atoms with Crippen molar-refractivity contribution < 1.29 is 15.0 Å². The first-order chi connectivity index (χ1) is 12.0. The number of rotatable bonds is 5. The van der Waals surface area contributed by atoms with Crippen LogP contribution in [-0.4, -0.2) is 22.2 Å². The van der Waals surface area contributed by atoms with Crippen molar-refractivity contribution in [3.63, 3.8) is 0 Å². The van der Waals surface area contributed by atoms with Gasteiger partial charge in [0, 0.05) is 6.04 Å². The van der Waals surface area contributed by atoms with Gasteiger partial charge in [-0.1, -0.05) is 48.5 Å². The third-order valence-corrected chi connectivity index (χ3v) is 4.22. The quantitative estimate of drug-likeness (QED) is 0.625. The fraction of sp³-hybridized carbons (Fsp3) is 0.190. The van der Waals surface area contributed by atoms with E-state index >= 15 is 0 Å². The topological polar surface area (TPSA) is 69.6 Å². The SMILES string of the molecule is CC(Cc1ccc(O)c(O)c1)NC(=O)Cc1cccc2ccccc12. The molecule has 0 aliphatic carbocycles. The molecule has 1 amide bonds. The molecule has 0 saturated carbocycles. The van der Waals surface area contributed by atoms with Crippen LogP contribution in [0.1, 0.15) is 18.1 Å². The van der Waals surface area contributed by atoms with Crippen LogP contribution in [0.3, 0.4) is 0 Å². The zero-order chi connectivity index (χ0) is 17.8. The van der Waals surface area contributed by atoms with Gasteiger partial charge in [0.1, 0.15) is 0 Å². The van der Waals surface area contributed by atoms with Crippen LogP contribution >= 0.6 is 0 Å². The summed E-state index contributed by atoms with van der Waals surface area (Å²) in [5.74, 6) is -0.324. The van der Waals surface area contributed by atoms with Crippen LogP contribution in [0.4, 0.5) is 0 Å². The Labute approximate surface area is 146 Å². The van der Waals surface area contributed by atoms with Crippen LogP contribution in [-0.2, 0) is 17.6 Å². The molecule has 3 rings (SSSR count). The van der Waals surface area contributed by atoms with Crippen LogP contribution < -0.4 is 5.32 Å². The Kier molecular flexibility index (Phi) is 4.89. The number of carbonyl (C=O) groups excluding carboxylic acids is 1. The third-order valence-electron chi connectivity index (χ3n) is 4.22. The number of fused-ring (bicyclic) bond motifs is 1. The first-order valence-electron chi connectivity index (χ1n) is 8.30. The lowest BCUT2D eigenvalue weighted by atomic mass is 10.0. The minimum Gasteiger partial charge on any atom is -0.504 e. The minimum atomic E-state index is -0.146. The number of hydrogen-bond donors (Lipinski definition) is 3. The van der Waals surface area contributed by atoms with E-state index in [4.69, 9.17) is 0 Å². The number of nitrogens with one attached hydrogen (secondary N) is 1. The Morgan fingerprint density at radius 2 is 1.76 bits per heavy atom. The zero-order valence-electron chi connectivity index (χ0n) is 14.1. The average molecular weight is 335 g/mol. The smallest absolute Gasteiger partial charge is 0.224 e. The van der Waals surface area contributed by atoms with Crippen LogP contribution in [0, 0.1) is 0 Å². The predicted octanol–water partition coefficient (Wildman–Crippen LogP) is 3.54. The maximum Gasteiger partial charge on any atom is 0.224 e. The van der Waals surface area contributed by atoms with Crippen molar-refractivity contribution in [3.05, 3.63) is 71.8 Å². The van der Waals surface area contributed by atoms with E-state index in [1.807, 2.05) is 49.4 Å². The maximum atomic E-state index is 12.4. The highest BCUT2D eigenvalue weighted by Crippen LogP contribution is 2.25. The van der Waals surface area contributed by atoms with Crippen LogP contribution in [0.2, 0.25) is 0 Å². The summed E-state index contributed by atoms with van der Waals surface area (Å²) in [4.78, 5) is 12.4. The summed E-state index contributed by atoms with van der Waals surface area (Å²) in [7, 11) is 0. The molecule has 0 saturated heterocycles. The largest absolute Gasteiger partial charge is 0.504 e. The highest BCUT2D eigenvalue weighted by Gasteiger charge is 2.11. The molecule has 1 unspecified atom stereocenters. The van der Waals surface area contributed by atoms with Crippen molar-refractivity contribution >= 4 is 16.7 Å². The Bertz CT molecular complexity index is 899. The Balaban J connectivity index is 1.64. The second kappa shape index (κ2) is 7.26. The fourth-order valence-electron chi connectivity index (χ4n) is 3.05. The molecular formula is C21H21NO3. The predicted molar refractivity (Wildman–Crippen MR) is 98.7 cm³/mol. The van der Waals surface area contributed by atoms with Crippen molar-refractivity contribution in [2.24, 2.45) is 0 Å². The first-order valence-corrected chi connectivity index (χ1v) is 8.30. The molecular weight excluding hydrogens is 314 g/mol. The summed E-state index contributed by atoms with van der Waals surface area (Å²) in [5, 5.41) is 24.1. The standard InChI is InChI=1S/C21H21NO3/c1-14(11-15-9-10-19(23)20(24)12-15)22-21(25)13-17-7-4-6-16-5-2-3-8-18(16)17/h2-10,12,14,23-24H,11,13H2,1H3,(H,22,25). The second-order valence-electron chi connectivity index (χ2n) is 6.31. The van der Waals surface area contributed by atoms with Crippen molar-refractivity contribution in [2.75, 3.05) is 0 Å². The van der Waals surface area contributed by atoms with Gasteiger partial charge < -0.3 is 15.5 Å². The molecule has 0 fully saturated rings. The number of amides is 1. The Hall–Kier alpha value is -3.01. The highest BCUT2D eigenvalue weighted by atomic mass is 16.3. The zero-order valence-corrected chi connectivity index (χ0v) is 14.1. The number of benzene rings is 3. The lowest BCUT2D eigenvalue weighted by Gasteiger charge is -2.15. The van der Waals surface area contributed by atoms with Crippen LogP contribution in [0.5, 0.6) is 11.5 Å². The van der Waals surface area contributed by atoms with E-state index in [2.05, 4.69) is 5.32 Å². The number of phenolic OH excluding ortho intramolecular Hbond substituents is 2. The number of carbonyl (C=O) groups is 1. The summed E-state index contributed by atoms with van der Waals surface area (Å²) in [5.41, 5.74) is 1.86. The molecule has 128 valence electrons. The summed E-state index contributed by atoms with van der Waals surface area (Å²) in [6, 6.07) is 18.6. The molecule has 0 heterocycles. The Morgan fingerprint density at radius 1 is 1.00 bits per heavy atom. The van der Waals surface area contributed by atoms with Crippen molar-refractivity contribution in [1.29, 1.82) is 0 Å². The van der Waals surface area contributed by atoms with E-state index in [-0.39, 0.29) is 23.4 Å². The third kappa shape index (κ3) is 4.10. The summed E-state index contributed by atoms with van der Waals surface area (Å²) in [6.45, 7) is 1.92. The van der Waals surface area contributed by atoms with Gasteiger partial charge in [0.05, 0.1) is 6.42 Å². The van der Waals surface area contributed by atoms with E-state index in [0.29, 0.717) is 12.8 Å². The van der Waals surface area contributed by atoms with Crippen molar-refractivity contribution in [3.8, 4) is 11.5 Å². The van der Waals surface area contributed by atoms with Crippen molar-refractivity contribution in [2.45, 2.75) is 25.8 Å². The van der Waals surface area contributed by atoms with Gasteiger partial charge in [0.15, 0.2) is 11.5 Å². The molecule has 25 heavy (non-hydrogen) atoms. The van der Waals surface area contributed by atoms with Gasteiger partial charge in [-0.3, -0.25) is 4.79 Å². The lowest BCUT2D eigenvalue weighted by Crippen LogP contribution is -2.35. The van der Waals surface area contributed by atoms with Crippen LogP contribution in [0.25, 0.3) is 10.8 Å². The first kappa shape index (κ1) is 16.8. The van der Waals surface area contributed by atoms with Gasteiger partial charge in [-0.25, -0.2) is 0 Å². The molecule has 4 heteroatoms. The monoisotopic (exact) mass is 335 g/mol. The molecule has 0 aromatic heterocycles. The summed E-state index contributed by atoms with van der Waals surface area (Å²) < 4.78 is 0.